The predicted octanol–water partition coefficient (Wildman–Crippen LogP) is 3.64. The second-order valence-electron chi connectivity index (χ2n) is 8.63. The molecule has 0 radical (unpaired) electrons. The van der Waals surface area contributed by atoms with Gasteiger partial charge in [-0.1, -0.05) is 0 Å². The maximum absolute atomic E-state index is 14.0. The number of sulfonamides is 1. The minimum atomic E-state index is -3.83. The molecule has 9 heteroatoms. The number of ether oxygens (including phenoxy) is 1. The van der Waals surface area contributed by atoms with Gasteiger partial charge in [-0.05, 0) is 76.1 Å². The molecule has 170 valence electrons. The molecule has 1 saturated carbocycles. The first kappa shape index (κ1) is 23.3. The van der Waals surface area contributed by atoms with Crippen molar-refractivity contribution in [2.24, 2.45) is 5.92 Å². The van der Waals surface area contributed by atoms with Crippen LogP contribution in [0.1, 0.15) is 46.0 Å². The number of hydrogen-bond acceptors (Lipinski definition) is 5. The first-order chi connectivity index (χ1) is 14.7. The summed E-state index contributed by atoms with van der Waals surface area (Å²) >= 11 is 0. The Morgan fingerprint density at radius 1 is 1.23 bits per heavy atom. The second kappa shape index (κ2) is 9.82. The van der Waals surface area contributed by atoms with Gasteiger partial charge in [0.05, 0.1) is 11.5 Å². The van der Waals surface area contributed by atoms with Crippen LogP contribution in [0.25, 0.3) is 0 Å². The van der Waals surface area contributed by atoms with Crippen molar-refractivity contribution in [3.8, 4) is 5.75 Å². The van der Waals surface area contributed by atoms with E-state index in [0.717, 1.165) is 31.7 Å². The lowest BCUT2D eigenvalue weighted by atomic mass is 9.99. The molecule has 31 heavy (non-hydrogen) atoms. The van der Waals surface area contributed by atoms with Crippen molar-refractivity contribution in [1.29, 1.82) is 0 Å². The van der Waals surface area contributed by atoms with Crippen LogP contribution in [-0.4, -0.2) is 32.1 Å². The molecule has 3 rings (SSSR count). The molecule has 1 aromatic heterocycles. The van der Waals surface area contributed by atoms with Gasteiger partial charge in [0.1, 0.15) is 5.69 Å². The monoisotopic (exact) mass is 451 g/mol. The first-order valence-corrected chi connectivity index (χ1v) is 12.0. The molecular formula is C22H30FN3O4S. The molecule has 3 N–H and O–H groups in total. The zero-order valence-corrected chi connectivity index (χ0v) is 18.7. The van der Waals surface area contributed by atoms with E-state index in [0.29, 0.717) is 31.2 Å². The highest BCUT2D eigenvalue weighted by molar-refractivity contribution is 7.89. The zero-order chi connectivity index (χ0) is 22.5. The molecule has 0 aliphatic heterocycles. The molecule has 0 saturated heterocycles. The SMILES string of the molecule is CC(C)(CCCCNc1ccc[nH]c1=O)NS(=O)(=O)c1ccc(F)c(OCC2CC2)c1. The molecule has 0 amide bonds. The Morgan fingerprint density at radius 2 is 2.00 bits per heavy atom. The lowest BCUT2D eigenvalue weighted by Crippen LogP contribution is -2.43. The van der Waals surface area contributed by atoms with Crippen LogP contribution in [0.3, 0.4) is 0 Å². The van der Waals surface area contributed by atoms with Gasteiger partial charge in [-0.15, -0.1) is 0 Å². The summed E-state index contributed by atoms with van der Waals surface area (Å²) in [6, 6.07) is 7.08. The van der Waals surface area contributed by atoms with E-state index in [9.17, 15) is 17.6 Å². The molecule has 7 nitrogen and oxygen atoms in total. The Balaban J connectivity index is 1.51. The number of anilines is 1. The summed E-state index contributed by atoms with van der Waals surface area (Å²) in [6.45, 7) is 4.64. The van der Waals surface area contributed by atoms with Crippen LogP contribution in [0, 0.1) is 11.7 Å². The fourth-order valence-corrected chi connectivity index (χ4v) is 4.66. The number of H-pyrrole nitrogens is 1. The Morgan fingerprint density at radius 3 is 2.71 bits per heavy atom. The van der Waals surface area contributed by atoms with E-state index < -0.39 is 21.4 Å². The van der Waals surface area contributed by atoms with Gasteiger partial charge in [0, 0.05) is 24.3 Å². The van der Waals surface area contributed by atoms with Gasteiger partial charge in [-0.25, -0.2) is 17.5 Å². The number of aromatic nitrogens is 1. The molecular weight excluding hydrogens is 421 g/mol. The number of nitrogens with one attached hydrogen (secondary N) is 3. The summed E-state index contributed by atoms with van der Waals surface area (Å²) in [5.41, 5.74) is -0.346. The van der Waals surface area contributed by atoms with Crippen LogP contribution in [0.15, 0.2) is 46.2 Å². The summed E-state index contributed by atoms with van der Waals surface area (Å²) in [4.78, 5) is 14.2. The van der Waals surface area contributed by atoms with Crippen LogP contribution in [0.5, 0.6) is 5.75 Å². The maximum atomic E-state index is 14.0. The molecule has 1 fully saturated rings. The second-order valence-corrected chi connectivity index (χ2v) is 10.3. The summed E-state index contributed by atoms with van der Waals surface area (Å²) in [5.74, 6) is -0.162. The number of aromatic amines is 1. The third kappa shape index (κ3) is 7.07. The highest BCUT2D eigenvalue weighted by atomic mass is 32.2. The van der Waals surface area contributed by atoms with Crippen molar-refractivity contribution in [2.45, 2.75) is 56.4 Å². The minimum absolute atomic E-state index is 0.0160. The third-order valence-corrected chi connectivity index (χ3v) is 6.85. The number of hydrogen-bond donors (Lipinski definition) is 3. The highest BCUT2D eigenvalue weighted by Crippen LogP contribution is 2.31. The van der Waals surface area contributed by atoms with Crippen LogP contribution in [-0.2, 0) is 10.0 Å². The molecule has 2 aromatic rings. The number of pyridine rings is 1. The molecule has 0 spiro atoms. The summed E-state index contributed by atoms with van der Waals surface area (Å²) < 4.78 is 47.8. The van der Waals surface area contributed by atoms with Crippen LogP contribution < -0.4 is 20.3 Å². The van der Waals surface area contributed by atoms with E-state index in [-0.39, 0.29) is 16.2 Å². The van der Waals surface area contributed by atoms with E-state index in [2.05, 4.69) is 15.0 Å². The third-order valence-electron chi connectivity index (χ3n) is 5.16. The van der Waals surface area contributed by atoms with Gasteiger partial charge in [0.25, 0.3) is 5.56 Å². The lowest BCUT2D eigenvalue weighted by molar-refractivity contribution is 0.284. The Labute approximate surface area is 182 Å². The van der Waals surface area contributed by atoms with E-state index >= 15 is 0 Å². The van der Waals surface area contributed by atoms with E-state index in [1.807, 2.05) is 13.8 Å². The number of halogens is 1. The largest absolute Gasteiger partial charge is 0.490 e. The Bertz CT molecular complexity index is 1050. The van der Waals surface area contributed by atoms with Gasteiger partial charge in [-0.3, -0.25) is 4.79 Å². The topological polar surface area (TPSA) is 100 Å². The van der Waals surface area contributed by atoms with Crippen molar-refractivity contribution in [3.05, 3.63) is 52.7 Å². The quantitative estimate of drug-likeness (QED) is 0.428. The Hall–Kier alpha value is -2.39. The molecule has 1 aromatic carbocycles. The maximum Gasteiger partial charge on any atom is 0.271 e. The molecule has 0 atom stereocenters. The molecule has 1 aliphatic carbocycles. The van der Waals surface area contributed by atoms with Crippen molar-refractivity contribution in [3.63, 3.8) is 0 Å². The Kier molecular flexibility index (Phi) is 7.38. The van der Waals surface area contributed by atoms with Crippen LogP contribution in [0.2, 0.25) is 0 Å². The number of benzene rings is 1. The highest BCUT2D eigenvalue weighted by Gasteiger charge is 2.27. The van der Waals surface area contributed by atoms with Crippen molar-refractivity contribution in [2.75, 3.05) is 18.5 Å². The first-order valence-electron chi connectivity index (χ1n) is 10.5. The van der Waals surface area contributed by atoms with Gasteiger partial charge in [0.2, 0.25) is 10.0 Å². The summed E-state index contributed by atoms with van der Waals surface area (Å²) in [5, 5.41) is 3.08. The average Bonchev–Trinajstić information content (AvgIpc) is 3.52. The molecule has 0 bridgehead atoms. The number of unbranched alkanes of at least 4 members (excludes halogenated alkanes) is 1. The fraction of sp³-hybridized carbons (Fsp3) is 0.500. The van der Waals surface area contributed by atoms with Gasteiger partial charge < -0.3 is 15.0 Å². The predicted molar refractivity (Wildman–Crippen MR) is 118 cm³/mol. The summed E-state index contributed by atoms with van der Waals surface area (Å²) in [6.07, 6.45) is 5.83. The summed E-state index contributed by atoms with van der Waals surface area (Å²) in [7, 11) is -3.83. The van der Waals surface area contributed by atoms with Gasteiger partial charge >= 0.3 is 0 Å². The molecule has 0 unspecified atom stereocenters. The normalized spacial score (nSPS) is 14.4. The van der Waals surface area contributed by atoms with E-state index in [1.54, 1.807) is 18.3 Å². The van der Waals surface area contributed by atoms with Crippen molar-refractivity contribution in [1.82, 2.24) is 9.71 Å². The standard InChI is InChI=1S/C22H30FN3O4S/c1-22(2,11-3-4-12-24-19-6-5-13-25-21(19)27)26-31(28,29)17-9-10-18(23)20(14-17)30-15-16-7-8-16/h5-6,9-10,13-14,16,24,26H,3-4,7-8,11-12,15H2,1-2H3,(H,25,27). The van der Waals surface area contributed by atoms with Crippen LogP contribution >= 0.6 is 0 Å². The minimum Gasteiger partial charge on any atom is -0.490 e. The average molecular weight is 452 g/mol. The van der Waals surface area contributed by atoms with Gasteiger partial charge in [0.15, 0.2) is 11.6 Å². The molecule has 1 heterocycles. The fourth-order valence-electron chi connectivity index (χ4n) is 3.20. The van der Waals surface area contributed by atoms with E-state index in [1.165, 1.54) is 12.1 Å². The van der Waals surface area contributed by atoms with Crippen molar-refractivity contribution < 1.29 is 17.5 Å². The lowest BCUT2D eigenvalue weighted by Gasteiger charge is -2.26. The van der Waals surface area contributed by atoms with E-state index in [4.69, 9.17) is 4.74 Å². The molecule has 1 aliphatic rings. The number of rotatable bonds is 12. The smallest absolute Gasteiger partial charge is 0.271 e. The van der Waals surface area contributed by atoms with Gasteiger partial charge in [-0.2, -0.15) is 0 Å². The van der Waals surface area contributed by atoms with Crippen LogP contribution in [0.4, 0.5) is 10.1 Å². The van der Waals surface area contributed by atoms with Crippen molar-refractivity contribution >= 4 is 15.7 Å². The zero-order valence-electron chi connectivity index (χ0n) is 17.9.